The Morgan fingerprint density at radius 2 is 2.12 bits per heavy atom. The molecule has 0 heterocycles. The van der Waals surface area contributed by atoms with Gasteiger partial charge in [-0.15, -0.1) is 0 Å². The molecule has 0 aromatic heterocycles. The van der Waals surface area contributed by atoms with Gasteiger partial charge in [-0.05, 0) is 26.2 Å². The van der Waals surface area contributed by atoms with Gasteiger partial charge >= 0.3 is 12.9 Å². The number of rotatable bonds is 3. The lowest BCUT2D eigenvalue weighted by atomic mass is 9.77. The normalized spacial score (nSPS) is 37.8. The van der Waals surface area contributed by atoms with Gasteiger partial charge in [0.25, 0.3) is 0 Å². The van der Waals surface area contributed by atoms with Crippen LogP contribution in [-0.2, 0) is 9.53 Å². The lowest BCUT2D eigenvalue weighted by molar-refractivity contribution is -0.147. The van der Waals surface area contributed by atoms with Crippen molar-refractivity contribution in [2.24, 2.45) is 11.3 Å². The maximum Gasteiger partial charge on any atom is 0.481 e. The van der Waals surface area contributed by atoms with Gasteiger partial charge in [0.05, 0.1) is 12.5 Å². The molecule has 0 radical (unpaired) electrons. The lowest BCUT2D eigenvalue weighted by Crippen LogP contribution is -2.20. The predicted molar refractivity (Wildman–Crippen MR) is 53.9 cm³/mol. The summed E-state index contributed by atoms with van der Waals surface area (Å²) in [5, 5.41) is 0. The van der Waals surface area contributed by atoms with E-state index in [1.54, 1.807) is 6.92 Å². The SMILES string of the molecule is CCOC(=O)C1CCC2(C1)CC2[B-](F)(F)F. The molecule has 0 aromatic carbocycles. The van der Waals surface area contributed by atoms with Gasteiger partial charge in [0.1, 0.15) is 0 Å². The van der Waals surface area contributed by atoms with E-state index in [-0.39, 0.29) is 18.3 Å². The molecule has 0 bridgehead atoms. The first-order valence-electron chi connectivity index (χ1n) is 5.75. The minimum atomic E-state index is -4.72. The fourth-order valence-corrected chi connectivity index (χ4v) is 3.05. The van der Waals surface area contributed by atoms with Crippen molar-refractivity contribution >= 4 is 12.9 Å². The van der Waals surface area contributed by atoms with Crippen LogP contribution in [0.4, 0.5) is 12.9 Å². The Hall–Kier alpha value is -0.675. The molecule has 2 nitrogen and oxygen atoms in total. The molecule has 3 atom stereocenters. The minimum Gasteiger partial charge on any atom is -0.466 e. The fraction of sp³-hybridized carbons (Fsp3) is 0.900. The van der Waals surface area contributed by atoms with Crippen molar-refractivity contribution in [3.63, 3.8) is 0 Å². The second-order valence-corrected chi connectivity index (χ2v) is 4.99. The van der Waals surface area contributed by atoms with E-state index in [9.17, 15) is 17.7 Å². The first-order valence-corrected chi connectivity index (χ1v) is 5.75. The van der Waals surface area contributed by atoms with Gasteiger partial charge < -0.3 is 17.7 Å². The first kappa shape index (κ1) is 11.8. The standard InChI is InChI=1S/C10H15BF3O2/c1-2-16-9(15)7-3-4-10(5-7)6-8(10)11(12,13)14/h7-8H,2-6H2,1H3/q-1. The molecule has 2 aliphatic rings. The smallest absolute Gasteiger partial charge is 0.466 e. The van der Waals surface area contributed by atoms with Gasteiger partial charge in [0.2, 0.25) is 0 Å². The monoisotopic (exact) mass is 235 g/mol. The van der Waals surface area contributed by atoms with Crippen molar-refractivity contribution in [2.75, 3.05) is 6.61 Å². The Morgan fingerprint density at radius 1 is 1.44 bits per heavy atom. The van der Waals surface area contributed by atoms with E-state index in [4.69, 9.17) is 4.74 Å². The van der Waals surface area contributed by atoms with Gasteiger partial charge in [-0.2, -0.15) is 0 Å². The Labute approximate surface area is 92.6 Å². The summed E-state index contributed by atoms with van der Waals surface area (Å²) in [4.78, 5) is 11.4. The zero-order valence-corrected chi connectivity index (χ0v) is 9.22. The molecule has 16 heavy (non-hydrogen) atoms. The summed E-state index contributed by atoms with van der Waals surface area (Å²) in [6.07, 6.45) is 1.69. The van der Waals surface area contributed by atoms with Crippen LogP contribution in [0.15, 0.2) is 0 Å². The van der Waals surface area contributed by atoms with Crippen LogP contribution >= 0.6 is 0 Å². The quantitative estimate of drug-likeness (QED) is 0.555. The van der Waals surface area contributed by atoms with E-state index in [1.807, 2.05) is 0 Å². The third-order valence-electron chi connectivity index (χ3n) is 3.97. The molecule has 92 valence electrons. The number of carbonyl (C=O) groups excluding carboxylic acids is 1. The number of esters is 1. The molecule has 6 heteroatoms. The summed E-state index contributed by atoms with van der Waals surface area (Å²) < 4.78 is 42.5. The maximum atomic E-state index is 12.6. The molecule has 3 unspecified atom stereocenters. The van der Waals surface area contributed by atoms with Crippen molar-refractivity contribution < 1.29 is 22.5 Å². The third kappa shape index (κ3) is 1.94. The van der Waals surface area contributed by atoms with Crippen LogP contribution < -0.4 is 0 Å². The number of hydrogen-bond donors (Lipinski definition) is 0. The van der Waals surface area contributed by atoms with Crippen LogP contribution in [0.3, 0.4) is 0 Å². The van der Waals surface area contributed by atoms with E-state index in [1.165, 1.54) is 0 Å². The topological polar surface area (TPSA) is 26.3 Å². The maximum absolute atomic E-state index is 12.6. The number of hydrogen-bond acceptors (Lipinski definition) is 2. The average Bonchev–Trinajstić information content (AvgIpc) is 2.69. The van der Waals surface area contributed by atoms with Crippen LogP contribution in [0.25, 0.3) is 0 Å². The van der Waals surface area contributed by atoms with Crippen LogP contribution in [0.1, 0.15) is 32.6 Å². The molecule has 0 amide bonds. The summed E-state index contributed by atoms with van der Waals surface area (Å²) in [5.41, 5.74) is -0.602. The van der Waals surface area contributed by atoms with Gasteiger partial charge in [-0.3, -0.25) is 4.79 Å². The molecule has 2 saturated carbocycles. The highest BCUT2D eigenvalue weighted by Crippen LogP contribution is 2.72. The van der Waals surface area contributed by atoms with Crippen molar-refractivity contribution in [1.82, 2.24) is 0 Å². The van der Waals surface area contributed by atoms with Crippen molar-refractivity contribution in [3.05, 3.63) is 0 Å². The van der Waals surface area contributed by atoms with E-state index >= 15 is 0 Å². The average molecular weight is 235 g/mol. The zero-order chi connectivity index (χ0) is 12.0. The number of halogens is 3. The van der Waals surface area contributed by atoms with Crippen molar-refractivity contribution in [3.8, 4) is 0 Å². The second kappa shape index (κ2) is 3.67. The Morgan fingerprint density at radius 3 is 2.62 bits per heavy atom. The highest BCUT2D eigenvalue weighted by molar-refractivity contribution is 6.61. The molecular formula is C10H15BF3O2-. The van der Waals surface area contributed by atoms with Crippen LogP contribution in [0.2, 0.25) is 5.82 Å². The zero-order valence-electron chi connectivity index (χ0n) is 9.22. The Kier molecular flexibility index (Phi) is 2.71. The van der Waals surface area contributed by atoms with Gasteiger partial charge in [0, 0.05) is 0 Å². The molecular weight excluding hydrogens is 220 g/mol. The Bertz CT molecular complexity index is 305. The summed E-state index contributed by atoms with van der Waals surface area (Å²) in [6.45, 7) is -2.71. The molecule has 2 fully saturated rings. The summed E-state index contributed by atoms with van der Waals surface area (Å²) in [5.74, 6) is -1.74. The van der Waals surface area contributed by atoms with Crippen LogP contribution in [0, 0.1) is 11.3 Å². The summed E-state index contributed by atoms with van der Waals surface area (Å²) >= 11 is 0. The fourth-order valence-electron chi connectivity index (χ4n) is 3.05. The van der Waals surface area contributed by atoms with Crippen molar-refractivity contribution in [1.29, 1.82) is 0 Å². The number of carbonyl (C=O) groups is 1. The Balaban J connectivity index is 1.93. The lowest BCUT2D eigenvalue weighted by Gasteiger charge is -2.18. The minimum absolute atomic E-state index is 0.229. The molecule has 0 saturated heterocycles. The molecule has 0 aromatic rings. The predicted octanol–water partition coefficient (Wildman–Crippen LogP) is 2.96. The van der Waals surface area contributed by atoms with Crippen LogP contribution in [-0.4, -0.2) is 19.6 Å². The van der Waals surface area contributed by atoms with Crippen molar-refractivity contribution in [2.45, 2.75) is 38.4 Å². The highest BCUT2D eigenvalue weighted by atomic mass is 19.4. The van der Waals surface area contributed by atoms with E-state index in [2.05, 4.69) is 0 Å². The highest BCUT2D eigenvalue weighted by Gasteiger charge is 2.64. The first-order chi connectivity index (χ1) is 7.39. The van der Waals surface area contributed by atoms with Crippen LogP contribution in [0.5, 0.6) is 0 Å². The third-order valence-corrected chi connectivity index (χ3v) is 3.97. The van der Waals surface area contributed by atoms with Gasteiger partial charge in [-0.25, -0.2) is 0 Å². The van der Waals surface area contributed by atoms with Gasteiger partial charge in [-0.1, -0.05) is 17.7 Å². The van der Waals surface area contributed by atoms with E-state index in [0.717, 1.165) is 0 Å². The molecule has 1 spiro atoms. The molecule has 0 aliphatic heterocycles. The second-order valence-electron chi connectivity index (χ2n) is 4.99. The molecule has 2 rings (SSSR count). The number of ether oxygens (including phenoxy) is 1. The summed E-state index contributed by atoms with van der Waals surface area (Å²) in [7, 11) is 0. The van der Waals surface area contributed by atoms with Gasteiger partial charge in [0.15, 0.2) is 0 Å². The molecule has 0 N–H and O–H groups in total. The van der Waals surface area contributed by atoms with E-state index < -0.39 is 18.2 Å². The summed E-state index contributed by atoms with van der Waals surface area (Å²) in [6, 6.07) is 0. The largest absolute Gasteiger partial charge is 0.481 e. The van der Waals surface area contributed by atoms with E-state index in [0.29, 0.717) is 25.9 Å². The molecule has 2 aliphatic carbocycles.